The SMILES string of the molecule is CC(C)C(=O)CCC(=O)OCC[N+](C)(C)C. The Bertz CT molecular complexity index is 241. The number of nitrogens with zero attached hydrogens (tertiary/aromatic N) is 1. The lowest BCUT2D eigenvalue weighted by molar-refractivity contribution is -0.870. The van der Waals surface area contributed by atoms with Gasteiger partial charge in [0.25, 0.3) is 0 Å². The number of carbonyl (C=O) groups is 2. The molecule has 0 saturated carbocycles. The van der Waals surface area contributed by atoms with Crippen molar-refractivity contribution in [3.63, 3.8) is 0 Å². The molecule has 4 heteroatoms. The molecule has 0 spiro atoms. The van der Waals surface area contributed by atoms with Gasteiger partial charge < -0.3 is 9.22 Å². The lowest BCUT2D eigenvalue weighted by atomic mass is 10.1. The van der Waals surface area contributed by atoms with Gasteiger partial charge in [0.05, 0.1) is 27.6 Å². The molecule has 0 unspecified atom stereocenters. The average molecular weight is 230 g/mol. The molecule has 0 aliphatic carbocycles. The summed E-state index contributed by atoms with van der Waals surface area (Å²) in [6, 6.07) is 0. The highest BCUT2D eigenvalue weighted by molar-refractivity contribution is 5.84. The zero-order valence-corrected chi connectivity index (χ0v) is 11.1. The van der Waals surface area contributed by atoms with Gasteiger partial charge >= 0.3 is 5.97 Å². The first-order chi connectivity index (χ1) is 7.22. The third-order valence-electron chi connectivity index (χ3n) is 2.24. The molecule has 0 N–H and O–H groups in total. The number of ether oxygens (including phenoxy) is 1. The van der Waals surface area contributed by atoms with Gasteiger partial charge in [-0.05, 0) is 0 Å². The molecule has 0 fully saturated rings. The number of hydrogen-bond acceptors (Lipinski definition) is 3. The van der Waals surface area contributed by atoms with Gasteiger partial charge in [0.2, 0.25) is 0 Å². The number of Topliss-reactive ketones (excluding diaryl/α,β-unsaturated/α-hetero) is 1. The van der Waals surface area contributed by atoms with Crippen molar-refractivity contribution in [2.24, 2.45) is 5.92 Å². The summed E-state index contributed by atoms with van der Waals surface area (Å²) in [5.74, 6) is -0.162. The lowest BCUT2D eigenvalue weighted by Gasteiger charge is -2.23. The van der Waals surface area contributed by atoms with Crippen LogP contribution in [0.25, 0.3) is 0 Å². The van der Waals surface area contributed by atoms with Crippen molar-refractivity contribution in [2.75, 3.05) is 34.3 Å². The largest absolute Gasteiger partial charge is 0.460 e. The zero-order valence-electron chi connectivity index (χ0n) is 11.1. The van der Waals surface area contributed by atoms with E-state index in [4.69, 9.17) is 4.74 Å². The first-order valence-electron chi connectivity index (χ1n) is 5.71. The van der Waals surface area contributed by atoms with Crippen molar-refractivity contribution in [3.8, 4) is 0 Å². The fourth-order valence-electron chi connectivity index (χ4n) is 1.02. The Hall–Kier alpha value is -0.900. The monoisotopic (exact) mass is 230 g/mol. The van der Waals surface area contributed by atoms with E-state index in [2.05, 4.69) is 0 Å². The molecule has 16 heavy (non-hydrogen) atoms. The van der Waals surface area contributed by atoms with E-state index in [0.29, 0.717) is 13.0 Å². The van der Waals surface area contributed by atoms with E-state index in [9.17, 15) is 9.59 Å². The maximum Gasteiger partial charge on any atom is 0.306 e. The number of carbonyl (C=O) groups excluding carboxylic acids is 2. The molecule has 94 valence electrons. The smallest absolute Gasteiger partial charge is 0.306 e. The number of esters is 1. The third-order valence-corrected chi connectivity index (χ3v) is 2.24. The quantitative estimate of drug-likeness (QED) is 0.488. The van der Waals surface area contributed by atoms with Crippen molar-refractivity contribution in [2.45, 2.75) is 26.7 Å². The van der Waals surface area contributed by atoms with Crippen LogP contribution in [0.2, 0.25) is 0 Å². The first kappa shape index (κ1) is 15.1. The number of ketones is 1. The Morgan fingerprint density at radius 1 is 1.12 bits per heavy atom. The molecule has 4 nitrogen and oxygen atoms in total. The van der Waals surface area contributed by atoms with Crippen LogP contribution < -0.4 is 0 Å². The highest BCUT2D eigenvalue weighted by atomic mass is 16.5. The minimum atomic E-state index is -0.276. The van der Waals surface area contributed by atoms with Crippen molar-refractivity contribution in [1.29, 1.82) is 0 Å². The third kappa shape index (κ3) is 8.41. The van der Waals surface area contributed by atoms with Gasteiger partial charge in [0, 0.05) is 12.3 Å². The van der Waals surface area contributed by atoms with E-state index >= 15 is 0 Å². The molecule has 0 rings (SSSR count). The molecular weight excluding hydrogens is 206 g/mol. The predicted octanol–water partition coefficient (Wildman–Crippen LogP) is 1.24. The lowest BCUT2D eigenvalue weighted by Crippen LogP contribution is -2.38. The van der Waals surface area contributed by atoms with Crippen molar-refractivity contribution < 1.29 is 18.8 Å². The minimum absolute atomic E-state index is 0.000887. The van der Waals surface area contributed by atoms with E-state index in [1.54, 1.807) is 0 Å². The summed E-state index contributed by atoms with van der Waals surface area (Å²) in [6.45, 7) is 4.87. The summed E-state index contributed by atoms with van der Waals surface area (Å²) in [5.41, 5.74) is 0. The fraction of sp³-hybridized carbons (Fsp3) is 0.833. The highest BCUT2D eigenvalue weighted by Gasteiger charge is 2.12. The predicted molar refractivity (Wildman–Crippen MR) is 62.9 cm³/mol. The molecule has 0 aromatic rings. The summed E-state index contributed by atoms with van der Waals surface area (Å²) in [4.78, 5) is 22.5. The average Bonchev–Trinajstić information content (AvgIpc) is 2.11. The van der Waals surface area contributed by atoms with Gasteiger partial charge in [0.1, 0.15) is 18.9 Å². The molecule has 0 bridgehead atoms. The van der Waals surface area contributed by atoms with E-state index in [1.165, 1.54) is 0 Å². The topological polar surface area (TPSA) is 43.4 Å². The van der Waals surface area contributed by atoms with Crippen LogP contribution in [0.1, 0.15) is 26.7 Å². The van der Waals surface area contributed by atoms with Gasteiger partial charge in [-0.2, -0.15) is 0 Å². The zero-order chi connectivity index (χ0) is 12.8. The Kier molecular flexibility index (Phi) is 6.26. The Morgan fingerprint density at radius 3 is 2.12 bits per heavy atom. The van der Waals surface area contributed by atoms with Crippen LogP contribution in [0.5, 0.6) is 0 Å². The van der Waals surface area contributed by atoms with Crippen LogP contribution in [-0.4, -0.2) is 50.5 Å². The first-order valence-corrected chi connectivity index (χ1v) is 5.71. The minimum Gasteiger partial charge on any atom is -0.460 e. The van der Waals surface area contributed by atoms with Gasteiger partial charge in [-0.25, -0.2) is 0 Å². The van der Waals surface area contributed by atoms with Crippen LogP contribution in [0.3, 0.4) is 0 Å². The highest BCUT2D eigenvalue weighted by Crippen LogP contribution is 2.03. The fourth-order valence-corrected chi connectivity index (χ4v) is 1.02. The van der Waals surface area contributed by atoms with E-state index < -0.39 is 0 Å². The van der Waals surface area contributed by atoms with Gasteiger partial charge in [-0.15, -0.1) is 0 Å². The van der Waals surface area contributed by atoms with Crippen LogP contribution >= 0.6 is 0 Å². The molecule has 0 aliphatic heterocycles. The molecule has 0 aliphatic rings. The second-order valence-corrected chi connectivity index (χ2v) is 5.36. The summed E-state index contributed by atoms with van der Waals surface area (Å²) >= 11 is 0. The van der Waals surface area contributed by atoms with E-state index in [-0.39, 0.29) is 24.1 Å². The van der Waals surface area contributed by atoms with Crippen molar-refractivity contribution >= 4 is 11.8 Å². The van der Waals surface area contributed by atoms with Crippen molar-refractivity contribution in [1.82, 2.24) is 0 Å². The Balaban J connectivity index is 3.64. The number of hydrogen-bond donors (Lipinski definition) is 0. The van der Waals surface area contributed by atoms with Crippen LogP contribution in [0.15, 0.2) is 0 Å². The van der Waals surface area contributed by atoms with E-state index in [0.717, 1.165) is 11.0 Å². The molecule has 0 amide bonds. The molecule has 0 aromatic heterocycles. The number of rotatable bonds is 7. The molecular formula is C12H24NO3+. The summed E-state index contributed by atoms with van der Waals surface area (Å²) in [7, 11) is 6.11. The maximum absolute atomic E-state index is 11.3. The second kappa shape index (κ2) is 6.63. The normalized spacial score (nSPS) is 11.6. The Morgan fingerprint density at radius 2 is 1.69 bits per heavy atom. The maximum atomic E-state index is 11.3. The van der Waals surface area contributed by atoms with Crippen LogP contribution in [0.4, 0.5) is 0 Å². The van der Waals surface area contributed by atoms with Crippen LogP contribution in [-0.2, 0) is 14.3 Å². The molecule has 0 saturated heterocycles. The summed E-state index contributed by atoms with van der Waals surface area (Å²) in [6.07, 6.45) is 0.495. The molecule has 0 atom stereocenters. The van der Waals surface area contributed by atoms with Gasteiger partial charge in [-0.3, -0.25) is 9.59 Å². The molecule has 0 aromatic carbocycles. The second-order valence-electron chi connectivity index (χ2n) is 5.36. The standard InChI is InChI=1S/C12H24NO3/c1-10(2)11(14)6-7-12(15)16-9-8-13(3,4)5/h10H,6-9H2,1-5H3/q+1. The van der Waals surface area contributed by atoms with Gasteiger partial charge in [-0.1, -0.05) is 13.8 Å². The summed E-state index contributed by atoms with van der Waals surface area (Å²) < 4.78 is 5.80. The van der Waals surface area contributed by atoms with E-state index in [1.807, 2.05) is 35.0 Å². The number of likely N-dealkylation sites (N-methyl/N-ethyl adjacent to an activating group) is 1. The molecule has 0 radical (unpaired) electrons. The summed E-state index contributed by atoms with van der Waals surface area (Å²) in [5, 5.41) is 0. The molecule has 0 heterocycles. The van der Waals surface area contributed by atoms with Crippen molar-refractivity contribution in [3.05, 3.63) is 0 Å². The Labute approximate surface area is 98.2 Å². The number of quaternary nitrogens is 1. The van der Waals surface area contributed by atoms with Gasteiger partial charge in [0.15, 0.2) is 0 Å². The van der Waals surface area contributed by atoms with Crippen LogP contribution in [0, 0.1) is 5.92 Å².